The van der Waals surface area contributed by atoms with Crippen LogP contribution in [0.4, 0.5) is 0 Å². The largest absolute Gasteiger partial charge is 0.466 e. The van der Waals surface area contributed by atoms with E-state index in [9.17, 15) is 9.59 Å². The Morgan fingerprint density at radius 1 is 0.680 bits per heavy atom. The second-order valence-corrected chi connectivity index (χ2v) is 9.86. The van der Waals surface area contributed by atoms with Crippen molar-refractivity contribution in [1.82, 2.24) is 0 Å². The van der Waals surface area contributed by atoms with Gasteiger partial charge in [0.15, 0.2) is 0 Å². The Kier molecular flexibility index (Phi) is 18.1. The molecule has 0 radical (unpaired) electrons. The predicted octanol–water partition coefficient (Wildman–Crippen LogP) is 6.01. The summed E-state index contributed by atoms with van der Waals surface area (Å²) in [7, 11) is 0. The van der Waals surface area contributed by atoms with Gasteiger partial charge in [0.1, 0.15) is 0 Å². The highest BCUT2D eigenvalue weighted by Gasteiger charge is 2.10. The van der Waals surface area contributed by atoms with Gasteiger partial charge in [-0.3, -0.25) is 9.59 Å². The van der Waals surface area contributed by atoms with Gasteiger partial charge in [0.2, 0.25) is 0 Å². The lowest BCUT2D eigenvalue weighted by Gasteiger charge is -2.08. The van der Waals surface area contributed by atoms with Crippen LogP contribution in [0.3, 0.4) is 0 Å². The van der Waals surface area contributed by atoms with Crippen LogP contribution in [0.1, 0.15) is 84.5 Å². The molecule has 0 rings (SSSR count). The number of ether oxygens (including phenoxy) is 2. The summed E-state index contributed by atoms with van der Waals surface area (Å²) in [6, 6.07) is 0. The Labute approximate surface area is 180 Å². The van der Waals surface area contributed by atoms with E-state index in [-0.39, 0.29) is 11.9 Å². The van der Waals surface area contributed by atoms with Gasteiger partial charge in [-0.05, 0) is 25.7 Å². The summed E-state index contributed by atoms with van der Waals surface area (Å²) in [5.41, 5.74) is 0. The number of rotatable bonds is 16. The monoisotopic (exact) mass is 580 g/mol. The average Bonchev–Trinajstić information content (AvgIpc) is 2.59. The Bertz CT molecular complexity index is 318. The SMILES string of the molecule is CCC(I)CC(=O)OCCCCCCCCCOC(=O)CC(I)CC. The highest BCUT2D eigenvalue weighted by Crippen LogP contribution is 2.13. The van der Waals surface area contributed by atoms with Crippen molar-refractivity contribution in [3.05, 3.63) is 0 Å². The summed E-state index contributed by atoms with van der Waals surface area (Å²) in [5, 5.41) is 0. The van der Waals surface area contributed by atoms with Crippen molar-refractivity contribution < 1.29 is 19.1 Å². The van der Waals surface area contributed by atoms with Gasteiger partial charge < -0.3 is 9.47 Å². The quantitative estimate of drug-likeness (QED) is 0.0972. The summed E-state index contributed by atoms with van der Waals surface area (Å²) in [6.45, 7) is 5.27. The van der Waals surface area contributed by atoms with Crippen molar-refractivity contribution in [2.24, 2.45) is 0 Å². The van der Waals surface area contributed by atoms with Gasteiger partial charge in [-0.2, -0.15) is 0 Å². The van der Waals surface area contributed by atoms with Crippen molar-refractivity contribution >= 4 is 57.1 Å². The third-order valence-corrected chi connectivity index (χ3v) is 6.62. The minimum atomic E-state index is -0.0661. The van der Waals surface area contributed by atoms with E-state index in [0.29, 0.717) is 33.9 Å². The van der Waals surface area contributed by atoms with Crippen LogP contribution in [0, 0.1) is 0 Å². The molecule has 0 aliphatic carbocycles. The summed E-state index contributed by atoms with van der Waals surface area (Å²) in [4.78, 5) is 23.0. The smallest absolute Gasteiger partial charge is 0.306 e. The molecule has 0 bridgehead atoms. The number of carbonyl (C=O) groups is 2. The first-order chi connectivity index (χ1) is 12.0. The van der Waals surface area contributed by atoms with Gasteiger partial charge in [0.25, 0.3) is 0 Å². The number of unbranched alkanes of at least 4 members (excludes halogenated alkanes) is 6. The molecule has 6 heteroatoms. The van der Waals surface area contributed by atoms with Crippen molar-refractivity contribution in [3.8, 4) is 0 Å². The van der Waals surface area contributed by atoms with Crippen LogP contribution in [0.15, 0.2) is 0 Å². The molecular weight excluding hydrogens is 546 g/mol. The number of halogens is 2. The Morgan fingerprint density at radius 2 is 1.00 bits per heavy atom. The summed E-state index contributed by atoms with van der Waals surface area (Å²) >= 11 is 4.59. The molecule has 0 aliphatic rings. The highest BCUT2D eigenvalue weighted by atomic mass is 127. The third-order valence-electron chi connectivity index (χ3n) is 3.98. The van der Waals surface area contributed by atoms with Crippen LogP contribution in [-0.4, -0.2) is 33.0 Å². The number of alkyl halides is 2. The van der Waals surface area contributed by atoms with E-state index in [1.54, 1.807) is 0 Å². The topological polar surface area (TPSA) is 52.6 Å². The minimum absolute atomic E-state index is 0.0661. The molecule has 4 nitrogen and oxygen atoms in total. The van der Waals surface area contributed by atoms with E-state index in [2.05, 4.69) is 59.0 Å². The first-order valence-corrected chi connectivity index (χ1v) is 12.1. The van der Waals surface area contributed by atoms with Gasteiger partial charge in [0, 0.05) is 7.85 Å². The number of hydrogen-bond donors (Lipinski definition) is 0. The van der Waals surface area contributed by atoms with Gasteiger partial charge in [-0.15, -0.1) is 0 Å². The van der Waals surface area contributed by atoms with E-state index in [1.807, 2.05) is 0 Å². The van der Waals surface area contributed by atoms with Gasteiger partial charge in [-0.25, -0.2) is 0 Å². The van der Waals surface area contributed by atoms with Crippen LogP contribution in [0.25, 0.3) is 0 Å². The fourth-order valence-electron chi connectivity index (χ4n) is 2.23. The minimum Gasteiger partial charge on any atom is -0.466 e. The summed E-state index contributed by atoms with van der Waals surface area (Å²) in [6.07, 6.45) is 10.7. The summed E-state index contributed by atoms with van der Waals surface area (Å²) < 4.78 is 11.3. The van der Waals surface area contributed by atoms with Gasteiger partial charge in [0.05, 0.1) is 26.1 Å². The van der Waals surface area contributed by atoms with Crippen molar-refractivity contribution in [2.75, 3.05) is 13.2 Å². The van der Waals surface area contributed by atoms with E-state index in [0.717, 1.165) is 38.5 Å². The molecule has 0 amide bonds. The lowest BCUT2D eigenvalue weighted by molar-refractivity contribution is -0.144. The second kappa shape index (κ2) is 17.8. The Hall–Kier alpha value is 0.400. The zero-order valence-corrected chi connectivity index (χ0v) is 20.1. The van der Waals surface area contributed by atoms with E-state index < -0.39 is 0 Å². The molecule has 0 N–H and O–H groups in total. The van der Waals surface area contributed by atoms with Crippen molar-refractivity contribution in [1.29, 1.82) is 0 Å². The molecule has 2 atom stereocenters. The molecule has 0 heterocycles. The number of carbonyl (C=O) groups excluding carboxylic acids is 2. The molecule has 0 aliphatic heterocycles. The maximum atomic E-state index is 11.5. The van der Waals surface area contributed by atoms with Gasteiger partial charge >= 0.3 is 11.9 Å². The van der Waals surface area contributed by atoms with Crippen LogP contribution >= 0.6 is 45.2 Å². The zero-order chi connectivity index (χ0) is 18.9. The second-order valence-electron chi connectivity index (χ2n) is 6.34. The van der Waals surface area contributed by atoms with E-state index >= 15 is 0 Å². The molecule has 0 aromatic carbocycles. The van der Waals surface area contributed by atoms with E-state index in [1.165, 1.54) is 19.3 Å². The Balaban J connectivity index is 3.29. The Morgan fingerprint density at radius 3 is 1.32 bits per heavy atom. The molecule has 2 unspecified atom stereocenters. The van der Waals surface area contributed by atoms with Crippen LogP contribution in [0.5, 0.6) is 0 Å². The lowest BCUT2D eigenvalue weighted by atomic mass is 10.1. The van der Waals surface area contributed by atoms with Crippen LogP contribution in [0.2, 0.25) is 0 Å². The fraction of sp³-hybridized carbons (Fsp3) is 0.895. The number of esters is 2. The molecular formula is C19H34I2O4. The zero-order valence-electron chi connectivity index (χ0n) is 15.7. The van der Waals surface area contributed by atoms with Crippen LogP contribution < -0.4 is 0 Å². The van der Waals surface area contributed by atoms with Crippen molar-refractivity contribution in [2.45, 2.75) is 92.3 Å². The summed E-state index contributed by atoms with van der Waals surface area (Å²) in [5.74, 6) is -0.132. The molecule has 0 aromatic heterocycles. The molecule has 0 spiro atoms. The molecule has 25 heavy (non-hydrogen) atoms. The molecule has 148 valence electrons. The standard InChI is InChI=1S/C19H34I2O4/c1-3-16(20)14-18(22)24-12-10-8-6-5-7-9-11-13-25-19(23)15-17(21)4-2/h16-17H,3-15H2,1-2H3. The third kappa shape index (κ3) is 17.6. The van der Waals surface area contributed by atoms with E-state index in [4.69, 9.17) is 9.47 Å². The molecule has 0 saturated heterocycles. The normalized spacial score (nSPS) is 13.3. The molecule has 0 aromatic rings. The maximum absolute atomic E-state index is 11.5. The predicted molar refractivity (Wildman–Crippen MR) is 120 cm³/mol. The lowest BCUT2D eigenvalue weighted by Crippen LogP contribution is -2.11. The highest BCUT2D eigenvalue weighted by molar-refractivity contribution is 14.1. The maximum Gasteiger partial charge on any atom is 0.306 e. The molecule has 0 fully saturated rings. The van der Waals surface area contributed by atoms with Crippen molar-refractivity contribution in [3.63, 3.8) is 0 Å². The fourth-order valence-corrected chi connectivity index (χ4v) is 2.95. The first kappa shape index (κ1) is 25.4. The molecule has 0 saturated carbocycles. The average molecular weight is 580 g/mol. The first-order valence-electron chi connectivity index (χ1n) is 9.58. The number of hydrogen-bond acceptors (Lipinski definition) is 4. The van der Waals surface area contributed by atoms with Gasteiger partial charge in [-0.1, -0.05) is 91.1 Å². The van der Waals surface area contributed by atoms with Crippen LogP contribution in [-0.2, 0) is 19.1 Å².